The van der Waals surface area contributed by atoms with Crippen LogP contribution in [0.15, 0.2) is 15.9 Å². The first kappa shape index (κ1) is 21.0. The van der Waals surface area contributed by atoms with Crippen molar-refractivity contribution in [1.82, 2.24) is 18.7 Å². The lowest BCUT2D eigenvalue weighted by Gasteiger charge is -2.40. The average Bonchev–Trinajstić information content (AvgIpc) is 3.27. The summed E-state index contributed by atoms with van der Waals surface area (Å²) in [6, 6.07) is 0. The zero-order valence-corrected chi connectivity index (χ0v) is 18.0. The molecule has 12 heteroatoms. The number of carbonyl (C=O) groups excluding carboxylic acids is 1. The Morgan fingerprint density at radius 3 is 2.57 bits per heavy atom. The topological polar surface area (TPSA) is 116 Å². The first-order chi connectivity index (χ1) is 14.1. The molecule has 4 rings (SSSR count). The van der Waals surface area contributed by atoms with Crippen molar-refractivity contribution in [2.75, 3.05) is 5.88 Å². The molecule has 0 amide bonds. The molecule has 2 aliphatic rings. The van der Waals surface area contributed by atoms with E-state index in [1.54, 1.807) is 20.8 Å². The number of carbonyl (C=O) groups is 1. The third kappa shape index (κ3) is 3.16. The van der Waals surface area contributed by atoms with Gasteiger partial charge in [-0.05, 0) is 20.8 Å². The molecular formula is C18H23ClN4O7. The molecule has 0 aromatic carbocycles. The van der Waals surface area contributed by atoms with Gasteiger partial charge in [-0.2, -0.15) is 0 Å². The lowest BCUT2D eigenvalue weighted by Crippen LogP contribution is -2.55. The van der Waals surface area contributed by atoms with Crippen LogP contribution in [0.5, 0.6) is 0 Å². The van der Waals surface area contributed by atoms with E-state index in [-0.39, 0.29) is 17.0 Å². The van der Waals surface area contributed by atoms with Crippen LogP contribution in [0.3, 0.4) is 0 Å². The molecule has 0 saturated carbocycles. The highest BCUT2D eigenvalue weighted by molar-refractivity contribution is 6.26. The van der Waals surface area contributed by atoms with E-state index in [2.05, 4.69) is 4.98 Å². The molecule has 0 N–H and O–H groups in total. The lowest BCUT2D eigenvalue weighted by atomic mass is 9.98. The standard InChI is InChI=1S/C18H23ClN4O7/c1-8-11(28-9(24)6-19)12-13(30-18(2,3)29-12)16(27-8)23-7-20-14-10(23)15(25)22(5)17(26)21(14)4/h7-8,11-13,16H,6H2,1-5H3/t8-,11-,12+,13+,16+/m0/s1. The van der Waals surface area contributed by atoms with Crippen LogP contribution in [0.2, 0.25) is 0 Å². The van der Waals surface area contributed by atoms with Crippen LogP contribution >= 0.6 is 11.6 Å². The summed E-state index contributed by atoms with van der Waals surface area (Å²) in [5.41, 5.74) is -0.569. The molecule has 0 unspecified atom stereocenters. The van der Waals surface area contributed by atoms with Gasteiger partial charge < -0.3 is 18.9 Å². The zero-order chi connectivity index (χ0) is 22.0. The number of aromatic nitrogens is 4. The first-order valence-corrected chi connectivity index (χ1v) is 9.98. The predicted octanol–water partition coefficient (Wildman–Crippen LogP) is 0.0217. The summed E-state index contributed by atoms with van der Waals surface area (Å²) in [4.78, 5) is 41.1. The summed E-state index contributed by atoms with van der Waals surface area (Å²) in [7, 11) is 2.93. The van der Waals surface area contributed by atoms with Gasteiger partial charge in [-0.25, -0.2) is 9.78 Å². The van der Waals surface area contributed by atoms with Crippen LogP contribution in [-0.2, 0) is 37.8 Å². The Bertz CT molecular complexity index is 1120. The third-order valence-electron chi connectivity index (χ3n) is 5.41. The molecule has 2 aliphatic heterocycles. The van der Waals surface area contributed by atoms with Gasteiger partial charge in [-0.1, -0.05) is 0 Å². The third-order valence-corrected chi connectivity index (χ3v) is 5.63. The number of alkyl halides is 1. The Kier molecular flexibility index (Phi) is 5.04. The Morgan fingerprint density at radius 1 is 1.23 bits per heavy atom. The molecule has 4 heterocycles. The monoisotopic (exact) mass is 442 g/mol. The van der Waals surface area contributed by atoms with E-state index < -0.39 is 53.6 Å². The van der Waals surface area contributed by atoms with Crippen molar-refractivity contribution < 1.29 is 23.7 Å². The minimum Gasteiger partial charge on any atom is -0.456 e. The SMILES string of the molecule is C[C@@H]1O[C@@H](n2cnc3c2c(=O)n(C)c(=O)n3C)[C@@H]2OC(C)(C)O[C@@H]2[C@H]1OC(=O)CCl. The summed E-state index contributed by atoms with van der Waals surface area (Å²) in [6.45, 7) is 5.21. The van der Waals surface area contributed by atoms with Gasteiger partial charge in [-0.15, -0.1) is 11.6 Å². The smallest absolute Gasteiger partial charge is 0.332 e. The number of fused-ring (bicyclic) bond motifs is 2. The van der Waals surface area contributed by atoms with E-state index in [1.165, 1.54) is 29.6 Å². The minimum absolute atomic E-state index is 0.194. The molecule has 2 fully saturated rings. The van der Waals surface area contributed by atoms with Gasteiger partial charge in [0.2, 0.25) is 0 Å². The number of halogens is 1. The molecular weight excluding hydrogens is 420 g/mol. The van der Waals surface area contributed by atoms with Gasteiger partial charge in [-0.3, -0.25) is 23.3 Å². The number of esters is 1. The van der Waals surface area contributed by atoms with Crippen molar-refractivity contribution in [1.29, 1.82) is 0 Å². The summed E-state index contributed by atoms with van der Waals surface area (Å²) in [5, 5.41) is 0. The van der Waals surface area contributed by atoms with Crippen molar-refractivity contribution in [2.24, 2.45) is 14.1 Å². The average molecular weight is 443 g/mol. The van der Waals surface area contributed by atoms with Gasteiger partial charge in [0, 0.05) is 14.1 Å². The highest BCUT2D eigenvalue weighted by atomic mass is 35.5. The van der Waals surface area contributed by atoms with Gasteiger partial charge in [0.05, 0.1) is 12.4 Å². The zero-order valence-electron chi connectivity index (χ0n) is 17.2. The van der Waals surface area contributed by atoms with Crippen LogP contribution in [0, 0.1) is 0 Å². The number of aryl methyl sites for hydroxylation is 1. The second kappa shape index (κ2) is 7.19. The van der Waals surface area contributed by atoms with E-state index in [0.717, 1.165) is 4.57 Å². The largest absolute Gasteiger partial charge is 0.456 e. The molecule has 0 spiro atoms. The van der Waals surface area contributed by atoms with Gasteiger partial charge in [0.25, 0.3) is 5.56 Å². The molecule has 0 radical (unpaired) electrons. The van der Waals surface area contributed by atoms with E-state index in [0.29, 0.717) is 0 Å². The summed E-state index contributed by atoms with van der Waals surface area (Å²) in [5.74, 6) is -1.87. The van der Waals surface area contributed by atoms with Gasteiger partial charge >= 0.3 is 11.7 Å². The maximum absolute atomic E-state index is 12.9. The molecule has 2 aromatic rings. The number of imidazole rings is 1. The van der Waals surface area contributed by atoms with Crippen molar-refractivity contribution in [3.8, 4) is 0 Å². The van der Waals surface area contributed by atoms with Crippen molar-refractivity contribution in [3.05, 3.63) is 27.2 Å². The lowest BCUT2D eigenvalue weighted by molar-refractivity contribution is -0.218. The number of rotatable bonds is 3. The quantitative estimate of drug-likeness (QED) is 0.482. The van der Waals surface area contributed by atoms with Crippen LogP contribution in [0.1, 0.15) is 27.0 Å². The van der Waals surface area contributed by atoms with Crippen LogP contribution in [0.25, 0.3) is 11.2 Å². The van der Waals surface area contributed by atoms with Gasteiger partial charge in [0.1, 0.15) is 18.1 Å². The van der Waals surface area contributed by atoms with E-state index in [4.69, 9.17) is 30.5 Å². The molecule has 2 aromatic heterocycles. The molecule has 0 aliphatic carbocycles. The summed E-state index contributed by atoms with van der Waals surface area (Å²) < 4.78 is 27.5. The molecule has 164 valence electrons. The predicted molar refractivity (Wildman–Crippen MR) is 104 cm³/mol. The van der Waals surface area contributed by atoms with E-state index in [9.17, 15) is 14.4 Å². The normalized spacial score (nSPS) is 30.4. The van der Waals surface area contributed by atoms with Crippen molar-refractivity contribution >= 4 is 28.7 Å². The van der Waals surface area contributed by atoms with Crippen LogP contribution in [-0.4, -0.2) is 60.7 Å². The van der Waals surface area contributed by atoms with Crippen molar-refractivity contribution in [3.63, 3.8) is 0 Å². The van der Waals surface area contributed by atoms with Gasteiger partial charge in [0.15, 0.2) is 29.3 Å². The highest BCUT2D eigenvalue weighted by Gasteiger charge is 2.56. The highest BCUT2D eigenvalue weighted by Crippen LogP contribution is 2.42. The molecule has 2 saturated heterocycles. The number of nitrogens with zero attached hydrogens (tertiary/aromatic N) is 4. The fourth-order valence-electron chi connectivity index (χ4n) is 4.06. The Balaban J connectivity index is 1.82. The maximum Gasteiger partial charge on any atom is 0.332 e. The van der Waals surface area contributed by atoms with Crippen molar-refractivity contribution in [2.45, 2.75) is 57.2 Å². The fourth-order valence-corrected chi connectivity index (χ4v) is 4.12. The van der Waals surface area contributed by atoms with E-state index >= 15 is 0 Å². The van der Waals surface area contributed by atoms with Crippen LogP contribution < -0.4 is 11.2 Å². The number of hydrogen-bond acceptors (Lipinski definition) is 8. The fraction of sp³-hybridized carbons (Fsp3) is 0.667. The van der Waals surface area contributed by atoms with Crippen LogP contribution in [0.4, 0.5) is 0 Å². The second-order valence-electron chi connectivity index (χ2n) is 7.91. The minimum atomic E-state index is -0.971. The number of hydrogen-bond donors (Lipinski definition) is 0. The molecule has 5 atom stereocenters. The Labute approximate surface area is 176 Å². The maximum atomic E-state index is 12.9. The summed E-state index contributed by atoms with van der Waals surface area (Å²) in [6.07, 6.45) is -2.07. The molecule has 11 nitrogen and oxygen atoms in total. The molecule has 0 bridgehead atoms. The second-order valence-corrected chi connectivity index (χ2v) is 8.18. The Morgan fingerprint density at radius 2 is 1.90 bits per heavy atom. The van der Waals surface area contributed by atoms with E-state index in [1.807, 2.05) is 0 Å². The Hall–Kier alpha value is -2.21. The molecule has 30 heavy (non-hydrogen) atoms. The summed E-state index contributed by atoms with van der Waals surface area (Å²) >= 11 is 5.59. The number of ether oxygens (including phenoxy) is 4. The first-order valence-electron chi connectivity index (χ1n) is 9.45.